The molecule has 1 amide bonds. The van der Waals surface area contributed by atoms with Crippen molar-refractivity contribution in [2.24, 2.45) is 5.73 Å². The summed E-state index contributed by atoms with van der Waals surface area (Å²) in [4.78, 5) is 12.8. The number of halogens is 1. The molecule has 1 aromatic rings. The summed E-state index contributed by atoms with van der Waals surface area (Å²) in [6, 6.07) is 6.44. The first kappa shape index (κ1) is 23.1. The minimum absolute atomic E-state index is 0. The van der Waals surface area contributed by atoms with E-state index < -0.39 is 15.6 Å². The van der Waals surface area contributed by atoms with Crippen molar-refractivity contribution in [1.29, 1.82) is 0 Å². The Bertz CT molecular complexity index is 775. The summed E-state index contributed by atoms with van der Waals surface area (Å²) >= 11 is 0. The minimum Gasteiger partial charge on any atom is -0.381 e. The smallest absolute Gasteiger partial charge is 0.244 e. The number of carbonyl (C=O) groups excluding carboxylic acids is 1. The molecule has 7 nitrogen and oxygen atoms in total. The van der Waals surface area contributed by atoms with Crippen molar-refractivity contribution in [1.82, 2.24) is 4.31 Å². The van der Waals surface area contributed by atoms with E-state index in [9.17, 15) is 13.2 Å². The first-order valence-electron chi connectivity index (χ1n) is 9.59. The van der Waals surface area contributed by atoms with Gasteiger partial charge in [-0.25, -0.2) is 8.42 Å². The van der Waals surface area contributed by atoms with Crippen LogP contribution in [0.5, 0.6) is 0 Å². The second-order valence-corrected chi connectivity index (χ2v) is 9.56. The Hall–Kier alpha value is -1.19. The average molecular weight is 432 g/mol. The molecule has 3 N–H and O–H groups in total. The highest BCUT2D eigenvalue weighted by molar-refractivity contribution is 7.89. The Kier molecular flexibility index (Phi) is 7.87. The molecule has 3 rings (SSSR count). The fourth-order valence-corrected chi connectivity index (χ4v) is 5.22. The number of sulfonamides is 1. The van der Waals surface area contributed by atoms with Crippen LogP contribution in [0.25, 0.3) is 0 Å². The lowest BCUT2D eigenvalue weighted by Crippen LogP contribution is -2.54. The van der Waals surface area contributed by atoms with Crippen molar-refractivity contribution in [3.8, 4) is 0 Å². The molecular weight excluding hydrogens is 402 g/mol. The Morgan fingerprint density at radius 2 is 1.86 bits per heavy atom. The number of ether oxygens (including phenoxy) is 1. The average Bonchev–Trinajstić information content (AvgIpc) is 2.69. The van der Waals surface area contributed by atoms with Crippen molar-refractivity contribution in [3.63, 3.8) is 0 Å². The molecule has 0 radical (unpaired) electrons. The molecule has 0 aromatic heterocycles. The number of anilines is 1. The molecule has 2 fully saturated rings. The Balaban J connectivity index is 0.00000280. The van der Waals surface area contributed by atoms with Crippen LogP contribution in [0, 0.1) is 0 Å². The zero-order valence-electron chi connectivity index (χ0n) is 16.2. The van der Waals surface area contributed by atoms with Crippen LogP contribution < -0.4 is 11.1 Å². The van der Waals surface area contributed by atoms with Crippen LogP contribution in [-0.2, 0) is 19.6 Å². The summed E-state index contributed by atoms with van der Waals surface area (Å²) in [5.74, 6) is -0.305. The summed E-state index contributed by atoms with van der Waals surface area (Å²) in [6.45, 7) is 0.898. The van der Waals surface area contributed by atoms with Crippen molar-refractivity contribution in [2.45, 2.75) is 61.4 Å². The topological polar surface area (TPSA) is 102 Å². The number of nitrogens with one attached hydrogen (secondary N) is 1. The summed E-state index contributed by atoms with van der Waals surface area (Å²) in [5, 5.41) is 2.78. The van der Waals surface area contributed by atoms with Crippen molar-refractivity contribution in [2.75, 3.05) is 25.6 Å². The molecule has 1 aromatic carbocycles. The number of nitrogens with zero attached hydrogens (tertiary/aromatic N) is 1. The largest absolute Gasteiger partial charge is 0.381 e. The molecule has 0 unspecified atom stereocenters. The maximum Gasteiger partial charge on any atom is 0.244 e. The minimum atomic E-state index is -3.61. The van der Waals surface area contributed by atoms with Crippen LogP contribution in [0.2, 0.25) is 0 Å². The summed E-state index contributed by atoms with van der Waals surface area (Å²) < 4.78 is 32.8. The molecule has 1 heterocycles. The normalized spacial score (nSPS) is 20.4. The van der Waals surface area contributed by atoms with E-state index >= 15 is 0 Å². The van der Waals surface area contributed by atoms with E-state index in [0.29, 0.717) is 31.7 Å². The molecule has 28 heavy (non-hydrogen) atoms. The lowest BCUT2D eigenvalue weighted by molar-refractivity contribution is -0.124. The third-order valence-corrected chi connectivity index (χ3v) is 7.60. The van der Waals surface area contributed by atoms with Crippen LogP contribution in [0.15, 0.2) is 29.2 Å². The van der Waals surface area contributed by atoms with Crippen LogP contribution >= 0.6 is 12.4 Å². The molecule has 1 saturated carbocycles. The maximum atomic E-state index is 13.0. The lowest BCUT2D eigenvalue weighted by atomic mass is 9.90. The van der Waals surface area contributed by atoms with Gasteiger partial charge in [0.15, 0.2) is 0 Å². The van der Waals surface area contributed by atoms with Gasteiger partial charge >= 0.3 is 0 Å². The second kappa shape index (κ2) is 9.54. The zero-order valence-corrected chi connectivity index (χ0v) is 17.9. The number of hydrogen-bond donors (Lipinski definition) is 2. The second-order valence-electron chi connectivity index (χ2n) is 7.56. The highest BCUT2D eigenvalue weighted by Crippen LogP contribution is 2.28. The molecule has 0 bridgehead atoms. The summed E-state index contributed by atoms with van der Waals surface area (Å²) in [6.07, 6.45) is 5.96. The van der Waals surface area contributed by atoms with E-state index in [1.165, 1.54) is 10.4 Å². The van der Waals surface area contributed by atoms with Gasteiger partial charge in [-0.1, -0.05) is 25.3 Å². The first-order chi connectivity index (χ1) is 12.8. The zero-order chi connectivity index (χ0) is 19.5. The van der Waals surface area contributed by atoms with E-state index in [1.54, 1.807) is 25.2 Å². The molecule has 1 aliphatic carbocycles. The van der Waals surface area contributed by atoms with Gasteiger partial charge < -0.3 is 15.8 Å². The maximum absolute atomic E-state index is 13.0. The van der Waals surface area contributed by atoms with E-state index in [2.05, 4.69) is 5.32 Å². The van der Waals surface area contributed by atoms with Gasteiger partial charge in [0.25, 0.3) is 0 Å². The Morgan fingerprint density at radius 1 is 1.21 bits per heavy atom. The molecule has 0 atom stereocenters. The number of benzene rings is 1. The summed E-state index contributed by atoms with van der Waals surface area (Å²) in [5.41, 5.74) is 5.66. The van der Waals surface area contributed by atoms with E-state index in [4.69, 9.17) is 10.5 Å². The van der Waals surface area contributed by atoms with Gasteiger partial charge in [0.2, 0.25) is 15.9 Å². The highest BCUT2D eigenvalue weighted by atomic mass is 35.5. The Morgan fingerprint density at radius 3 is 2.50 bits per heavy atom. The monoisotopic (exact) mass is 431 g/mol. The van der Waals surface area contributed by atoms with Gasteiger partial charge in [-0.05, 0) is 43.9 Å². The van der Waals surface area contributed by atoms with Gasteiger partial charge in [0.1, 0.15) is 5.54 Å². The van der Waals surface area contributed by atoms with Crippen LogP contribution in [-0.4, -0.2) is 50.5 Å². The first-order valence-corrected chi connectivity index (χ1v) is 11.0. The fraction of sp³-hybridized carbons (Fsp3) is 0.632. The number of nitrogens with two attached hydrogens (primary N) is 1. The molecule has 2 aliphatic rings. The van der Waals surface area contributed by atoms with Crippen LogP contribution in [0.1, 0.15) is 44.9 Å². The number of hydrogen-bond acceptors (Lipinski definition) is 5. The molecule has 0 spiro atoms. The number of amides is 1. The molecular formula is C19H30ClN3O4S. The SMILES string of the molecule is CN(C1CCCCC1)S(=O)(=O)c1cccc(NC(=O)C2(N)CCOCC2)c1.Cl. The Labute approximate surface area is 173 Å². The van der Waals surface area contributed by atoms with Crippen molar-refractivity contribution < 1.29 is 17.9 Å². The third-order valence-electron chi connectivity index (χ3n) is 5.70. The van der Waals surface area contributed by atoms with E-state index in [0.717, 1.165) is 32.1 Å². The standard InChI is InChI=1S/C19H29N3O4S.ClH/c1-22(16-7-3-2-4-8-16)27(24,25)17-9-5-6-15(14-17)21-18(23)19(20)10-12-26-13-11-19;/h5-6,9,14,16H,2-4,7-8,10-13,20H2,1H3,(H,21,23);1H. The molecule has 9 heteroatoms. The van der Waals surface area contributed by atoms with Crippen LogP contribution in [0.4, 0.5) is 5.69 Å². The summed E-state index contributed by atoms with van der Waals surface area (Å²) in [7, 11) is -1.96. The fourth-order valence-electron chi connectivity index (χ4n) is 3.76. The van der Waals surface area contributed by atoms with Gasteiger partial charge in [0.05, 0.1) is 4.90 Å². The van der Waals surface area contributed by atoms with Crippen molar-refractivity contribution >= 4 is 34.0 Å². The lowest BCUT2D eigenvalue weighted by Gasteiger charge is -2.32. The number of carbonyl (C=O) groups is 1. The predicted molar refractivity (Wildman–Crippen MR) is 111 cm³/mol. The van der Waals surface area contributed by atoms with Gasteiger partial charge in [-0.2, -0.15) is 4.31 Å². The third kappa shape index (κ3) is 5.04. The highest BCUT2D eigenvalue weighted by Gasteiger charge is 2.36. The van der Waals surface area contributed by atoms with Gasteiger partial charge in [-0.3, -0.25) is 4.79 Å². The molecule has 1 saturated heterocycles. The molecule has 1 aliphatic heterocycles. The van der Waals surface area contributed by atoms with E-state index in [-0.39, 0.29) is 29.3 Å². The molecule has 158 valence electrons. The van der Waals surface area contributed by atoms with Crippen molar-refractivity contribution in [3.05, 3.63) is 24.3 Å². The predicted octanol–water partition coefficient (Wildman–Crippen LogP) is 2.51. The number of rotatable bonds is 5. The van der Waals surface area contributed by atoms with Gasteiger partial charge in [-0.15, -0.1) is 12.4 Å². The van der Waals surface area contributed by atoms with Crippen LogP contribution in [0.3, 0.4) is 0 Å². The quantitative estimate of drug-likeness (QED) is 0.745. The van der Waals surface area contributed by atoms with Gasteiger partial charge in [0, 0.05) is 32.0 Å². The van der Waals surface area contributed by atoms with E-state index in [1.807, 2.05) is 0 Å².